The van der Waals surface area contributed by atoms with Crippen LogP contribution in [0.1, 0.15) is 39.5 Å². The smallest absolute Gasteiger partial charge is 0.435 e. The summed E-state index contributed by atoms with van der Waals surface area (Å²) in [6.07, 6.45) is -3.07. The molecule has 4 N–H and O–H groups in total. The summed E-state index contributed by atoms with van der Waals surface area (Å²) in [6, 6.07) is 6.54. The molecule has 5 heterocycles. The van der Waals surface area contributed by atoms with Gasteiger partial charge in [-0.15, -0.1) is 0 Å². The van der Waals surface area contributed by atoms with Gasteiger partial charge in [0.05, 0.1) is 28.0 Å². The van der Waals surface area contributed by atoms with Gasteiger partial charge in [-0.2, -0.15) is 22.7 Å². The summed E-state index contributed by atoms with van der Waals surface area (Å²) in [5.74, 6) is -3.09. The summed E-state index contributed by atoms with van der Waals surface area (Å²) < 4.78 is 58.3. The van der Waals surface area contributed by atoms with Gasteiger partial charge in [0.2, 0.25) is 11.9 Å². The molecule has 0 radical (unpaired) electrons. The monoisotopic (exact) mass is 746 g/mol. The maximum atomic E-state index is 14.4. The first-order valence-corrected chi connectivity index (χ1v) is 16.3. The van der Waals surface area contributed by atoms with E-state index in [1.54, 1.807) is 9.80 Å². The first-order chi connectivity index (χ1) is 24.6. The van der Waals surface area contributed by atoms with E-state index in [2.05, 4.69) is 20.4 Å². The molecule has 0 unspecified atom stereocenters. The minimum atomic E-state index is -4.95. The maximum absolute atomic E-state index is 14.4. The molecule has 2 saturated heterocycles. The summed E-state index contributed by atoms with van der Waals surface area (Å²) >= 11 is 6.45. The fourth-order valence-corrected chi connectivity index (χ4v) is 6.47. The van der Waals surface area contributed by atoms with Crippen molar-refractivity contribution in [2.45, 2.75) is 19.0 Å². The number of rotatable bonds is 6. The zero-order valence-electron chi connectivity index (χ0n) is 27.4. The molecule has 0 aliphatic carbocycles. The molecule has 20 heteroatoms. The SMILES string of the molecule is Cn1c(-c2cn(-c3ccc(N)nc3F)nc2C(F)(F)F)cnc1C(=O)Nc1ccc(C(=O)N2CCN(C(=O)C3CCN(C(=O)O)CC3)CC2)c(Cl)c1. The van der Waals surface area contributed by atoms with Crippen LogP contribution in [0.15, 0.2) is 42.7 Å². The quantitative estimate of drug-likeness (QED) is 0.194. The molecule has 274 valence electrons. The number of hydrogen-bond donors (Lipinski definition) is 3. The number of carbonyl (C=O) groups excluding carboxylic acids is 3. The lowest BCUT2D eigenvalue weighted by Gasteiger charge is -2.38. The van der Waals surface area contributed by atoms with Gasteiger partial charge in [-0.05, 0) is 43.2 Å². The second-order valence-corrected chi connectivity index (χ2v) is 12.6. The number of nitrogens with zero attached hydrogens (tertiary/aromatic N) is 8. The van der Waals surface area contributed by atoms with Gasteiger partial charge in [0.15, 0.2) is 11.5 Å². The number of carbonyl (C=O) groups is 4. The van der Waals surface area contributed by atoms with Crippen molar-refractivity contribution in [3.05, 3.63) is 70.8 Å². The lowest BCUT2D eigenvalue weighted by Crippen LogP contribution is -2.53. The van der Waals surface area contributed by atoms with Gasteiger partial charge in [-0.25, -0.2) is 19.4 Å². The van der Waals surface area contributed by atoms with Crippen LogP contribution >= 0.6 is 11.6 Å². The predicted octanol–water partition coefficient (Wildman–Crippen LogP) is 3.99. The molecule has 4 amide bonds. The normalized spacial score (nSPS) is 15.5. The molecular weight excluding hydrogens is 716 g/mol. The largest absolute Gasteiger partial charge is 0.465 e. The molecule has 2 fully saturated rings. The Bertz CT molecular complexity index is 2050. The predicted molar refractivity (Wildman–Crippen MR) is 177 cm³/mol. The summed E-state index contributed by atoms with van der Waals surface area (Å²) in [4.78, 5) is 62.6. The van der Waals surface area contributed by atoms with E-state index in [0.29, 0.717) is 43.7 Å². The maximum Gasteiger partial charge on any atom is 0.435 e. The fourth-order valence-electron chi connectivity index (χ4n) is 6.21. The summed E-state index contributed by atoms with van der Waals surface area (Å²) in [5, 5.41) is 15.3. The number of nitrogens with two attached hydrogens (primary N) is 1. The molecule has 1 aromatic carbocycles. The number of anilines is 2. The number of nitrogen functional groups attached to an aromatic ring is 1. The van der Waals surface area contributed by atoms with Crippen LogP contribution in [-0.2, 0) is 18.0 Å². The van der Waals surface area contributed by atoms with E-state index in [0.717, 1.165) is 23.0 Å². The minimum Gasteiger partial charge on any atom is -0.465 e. The van der Waals surface area contributed by atoms with Crippen molar-refractivity contribution in [3.8, 4) is 16.9 Å². The number of nitrogens with one attached hydrogen (secondary N) is 1. The van der Waals surface area contributed by atoms with Crippen molar-refractivity contribution in [2.24, 2.45) is 13.0 Å². The number of aromatic nitrogens is 5. The number of halogens is 5. The van der Waals surface area contributed by atoms with Gasteiger partial charge in [0, 0.05) is 64.1 Å². The molecular formula is C32H31ClF4N10O5. The van der Waals surface area contributed by atoms with Crippen LogP contribution in [0, 0.1) is 11.9 Å². The highest BCUT2D eigenvalue weighted by atomic mass is 35.5. The highest BCUT2D eigenvalue weighted by Crippen LogP contribution is 2.37. The van der Waals surface area contributed by atoms with E-state index in [1.807, 2.05) is 0 Å². The number of imidazole rings is 1. The number of pyridine rings is 1. The Morgan fingerprint density at radius 3 is 2.27 bits per heavy atom. The Morgan fingerprint density at radius 2 is 1.65 bits per heavy atom. The molecule has 4 aromatic rings. The minimum absolute atomic E-state index is 0.0265. The highest BCUT2D eigenvalue weighted by Gasteiger charge is 2.39. The van der Waals surface area contributed by atoms with Crippen LogP contribution < -0.4 is 11.1 Å². The molecule has 0 spiro atoms. The average molecular weight is 747 g/mol. The zero-order valence-corrected chi connectivity index (χ0v) is 28.2. The topological polar surface area (TPSA) is 185 Å². The Morgan fingerprint density at radius 1 is 0.981 bits per heavy atom. The van der Waals surface area contributed by atoms with Crippen molar-refractivity contribution in [1.82, 2.24) is 39.0 Å². The number of hydrogen-bond acceptors (Lipinski definition) is 8. The van der Waals surface area contributed by atoms with Gasteiger partial charge < -0.3 is 35.4 Å². The van der Waals surface area contributed by atoms with Crippen LogP contribution in [0.4, 0.5) is 33.9 Å². The second kappa shape index (κ2) is 14.1. The second-order valence-electron chi connectivity index (χ2n) is 12.2. The molecule has 6 rings (SSSR count). The third kappa shape index (κ3) is 7.21. The van der Waals surface area contributed by atoms with E-state index >= 15 is 0 Å². The van der Waals surface area contributed by atoms with Crippen LogP contribution in [-0.4, -0.2) is 107 Å². The van der Waals surface area contributed by atoms with Crippen LogP contribution in [0.5, 0.6) is 0 Å². The number of alkyl halides is 3. The average Bonchev–Trinajstić information content (AvgIpc) is 3.72. The fraction of sp³-hybridized carbons (Fsp3) is 0.344. The molecule has 3 aromatic heterocycles. The van der Waals surface area contributed by atoms with Gasteiger partial charge in [-0.3, -0.25) is 14.4 Å². The highest BCUT2D eigenvalue weighted by molar-refractivity contribution is 6.34. The van der Waals surface area contributed by atoms with Gasteiger partial charge in [0.1, 0.15) is 11.5 Å². The van der Waals surface area contributed by atoms with E-state index in [9.17, 15) is 36.7 Å². The summed E-state index contributed by atoms with van der Waals surface area (Å²) in [6.45, 7) is 1.73. The zero-order chi connectivity index (χ0) is 37.5. The Hall–Kier alpha value is -5.72. The van der Waals surface area contributed by atoms with E-state index in [1.165, 1.54) is 36.2 Å². The number of piperazine rings is 1. The van der Waals surface area contributed by atoms with Crippen LogP contribution in [0.2, 0.25) is 5.02 Å². The number of likely N-dealkylation sites (tertiary alicyclic amines) is 1. The summed E-state index contributed by atoms with van der Waals surface area (Å²) in [7, 11) is 1.32. The Labute approximate surface area is 297 Å². The standard InChI is InChI=1S/C32H31ClF4N10O5/c1-43-23(20-16-47(42-25(20)32(35,36)37)22-4-5-24(38)41-26(22)34)15-39-27(43)28(48)40-18-2-3-19(21(33)14-18)30(50)45-12-10-44(11-13-45)29(49)17-6-8-46(9-7-17)31(51)52/h2-5,14-17H,6-13H2,1H3,(H2,38,41)(H,40,48)(H,51,52). The van der Waals surface area contributed by atoms with E-state index < -0.39 is 35.4 Å². The molecule has 0 atom stereocenters. The van der Waals surface area contributed by atoms with Gasteiger partial charge in [-0.1, -0.05) is 11.6 Å². The third-order valence-corrected chi connectivity index (χ3v) is 9.31. The van der Waals surface area contributed by atoms with Gasteiger partial charge >= 0.3 is 12.3 Å². The third-order valence-electron chi connectivity index (χ3n) is 9.00. The lowest BCUT2D eigenvalue weighted by atomic mass is 9.95. The van der Waals surface area contributed by atoms with Crippen molar-refractivity contribution >= 4 is 46.9 Å². The first kappa shape index (κ1) is 36.1. The van der Waals surface area contributed by atoms with Crippen molar-refractivity contribution in [3.63, 3.8) is 0 Å². The lowest BCUT2D eigenvalue weighted by molar-refractivity contribution is -0.141. The number of piperidine rings is 1. The molecule has 0 saturated carbocycles. The molecule has 2 aliphatic heterocycles. The number of benzene rings is 1. The van der Waals surface area contributed by atoms with Crippen molar-refractivity contribution in [2.75, 3.05) is 50.3 Å². The Balaban J connectivity index is 1.11. The van der Waals surface area contributed by atoms with Gasteiger partial charge in [0.25, 0.3) is 11.8 Å². The van der Waals surface area contributed by atoms with Crippen LogP contribution in [0.3, 0.4) is 0 Å². The van der Waals surface area contributed by atoms with E-state index in [4.69, 9.17) is 22.4 Å². The molecule has 15 nitrogen and oxygen atoms in total. The van der Waals surface area contributed by atoms with Crippen molar-refractivity contribution < 1.29 is 41.8 Å². The molecule has 2 aliphatic rings. The summed E-state index contributed by atoms with van der Waals surface area (Å²) in [5.41, 5.74) is 3.43. The van der Waals surface area contributed by atoms with E-state index in [-0.39, 0.29) is 70.1 Å². The molecule has 52 heavy (non-hydrogen) atoms. The molecule has 0 bridgehead atoms. The number of amides is 4. The first-order valence-electron chi connectivity index (χ1n) is 15.9. The Kier molecular flexibility index (Phi) is 9.80. The van der Waals surface area contributed by atoms with Crippen LogP contribution in [0.25, 0.3) is 16.9 Å². The van der Waals surface area contributed by atoms with Crippen molar-refractivity contribution in [1.29, 1.82) is 0 Å². The number of carboxylic acid groups (broad SMARTS) is 1.